The number of nitrogens with zero attached hydrogens (tertiary/aromatic N) is 1. The summed E-state index contributed by atoms with van der Waals surface area (Å²) in [5, 5.41) is 7.39. The van der Waals surface area contributed by atoms with Gasteiger partial charge >= 0.3 is 5.97 Å². The lowest BCUT2D eigenvalue weighted by atomic mass is 10.1. The predicted molar refractivity (Wildman–Crippen MR) is 111 cm³/mol. The third-order valence-corrected chi connectivity index (χ3v) is 5.02. The van der Waals surface area contributed by atoms with E-state index in [0.717, 1.165) is 21.0 Å². The van der Waals surface area contributed by atoms with E-state index < -0.39 is 0 Å². The second kappa shape index (κ2) is 7.80. The molecular formula is C19H19N3O2S2. The van der Waals surface area contributed by atoms with Gasteiger partial charge in [0.05, 0.1) is 22.4 Å². The molecular weight excluding hydrogens is 366 g/mol. The maximum atomic E-state index is 11.7. The summed E-state index contributed by atoms with van der Waals surface area (Å²) < 4.78 is 6.09. The van der Waals surface area contributed by atoms with Crippen molar-refractivity contribution >= 4 is 55.7 Å². The highest BCUT2D eigenvalue weighted by molar-refractivity contribution is 7.80. The Morgan fingerprint density at radius 1 is 1.15 bits per heavy atom. The third-order valence-electron chi connectivity index (χ3n) is 3.88. The minimum atomic E-state index is -0.334. The van der Waals surface area contributed by atoms with E-state index in [-0.39, 0.29) is 5.97 Å². The number of ether oxygens (including phenoxy) is 1. The number of rotatable bonds is 4. The van der Waals surface area contributed by atoms with Crippen LogP contribution in [0.1, 0.15) is 28.4 Å². The minimum Gasteiger partial charge on any atom is -0.462 e. The van der Waals surface area contributed by atoms with Crippen LogP contribution in [0.4, 0.5) is 10.8 Å². The molecule has 26 heavy (non-hydrogen) atoms. The van der Waals surface area contributed by atoms with Crippen molar-refractivity contribution in [2.45, 2.75) is 20.8 Å². The Morgan fingerprint density at radius 3 is 2.54 bits per heavy atom. The van der Waals surface area contributed by atoms with Crippen molar-refractivity contribution in [2.75, 3.05) is 17.2 Å². The van der Waals surface area contributed by atoms with E-state index in [2.05, 4.69) is 41.6 Å². The molecule has 0 amide bonds. The fourth-order valence-corrected chi connectivity index (χ4v) is 3.63. The predicted octanol–water partition coefficient (Wildman–Crippen LogP) is 4.90. The summed E-state index contributed by atoms with van der Waals surface area (Å²) in [6.45, 7) is 6.30. The fraction of sp³-hybridized carbons (Fsp3) is 0.211. The first-order valence-corrected chi connectivity index (χ1v) is 9.41. The first kappa shape index (κ1) is 18.3. The zero-order valence-electron chi connectivity index (χ0n) is 14.8. The molecule has 0 aliphatic heterocycles. The van der Waals surface area contributed by atoms with E-state index in [0.29, 0.717) is 17.3 Å². The SMILES string of the molecule is CCOC(=O)c1ccc(NC(=S)Nc2nc3cc(C)c(C)cc3s2)cc1. The number of benzene rings is 2. The van der Waals surface area contributed by atoms with Gasteiger partial charge in [-0.2, -0.15) is 0 Å². The van der Waals surface area contributed by atoms with Crippen LogP contribution in [0, 0.1) is 13.8 Å². The summed E-state index contributed by atoms with van der Waals surface area (Å²) in [7, 11) is 0. The van der Waals surface area contributed by atoms with Crippen LogP contribution in [0.15, 0.2) is 36.4 Å². The van der Waals surface area contributed by atoms with Gasteiger partial charge in [0.2, 0.25) is 0 Å². The number of esters is 1. The van der Waals surface area contributed by atoms with Crippen LogP contribution in [-0.4, -0.2) is 22.7 Å². The Morgan fingerprint density at radius 2 is 1.85 bits per heavy atom. The van der Waals surface area contributed by atoms with Crippen LogP contribution in [0.5, 0.6) is 0 Å². The molecule has 2 aromatic carbocycles. The van der Waals surface area contributed by atoms with Crippen LogP contribution >= 0.6 is 23.6 Å². The van der Waals surface area contributed by atoms with Crippen molar-refractivity contribution in [3.63, 3.8) is 0 Å². The molecule has 0 unspecified atom stereocenters. The van der Waals surface area contributed by atoms with Crippen LogP contribution in [0.3, 0.4) is 0 Å². The lowest BCUT2D eigenvalue weighted by molar-refractivity contribution is 0.0526. The smallest absolute Gasteiger partial charge is 0.338 e. The molecule has 0 aliphatic carbocycles. The average molecular weight is 386 g/mol. The van der Waals surface area contributed by atoms with Gasteiger partial charge in [-0.1, -0.05) is 11.3 Å². The zero-order chi connectivity index (χ0) is 18.7. The van der Waals surface area contributed by atoms with Crippen molar-refractivity contribution in [1.82, 2.24) is 4.98 Å². The molecule has 1 heterocycles. The Bertz CT molecular complexity index is 926. The highest BCUT2D eigenvalue weighted by atomic mass is 32.1. The van der Waals surface area contributed by atoms with E-state index in [4.69, 9.17) is 17.0 Å². The van der Waals surface area contributed by atoms with Crippen LogP contribution in [0.2, 0.25) is 0 Å². The summed E-state index contributed by atoms with van der Waals surface area (Å²) in [6, 6.07) is 11.2. The van der Waals surface area contributed by atoms with Crippen molar-refractivity contribution in [2.24, 2.45) is 0 Å². The van der Waals surface area contributed by atoms with Gasteiger partial charge in [0.15, 0.2) is 10.2 Å². The van der Waals surface area contributed by atoms with Crippen molar-refractivity contribution in [3.8, 4) is 0 Å². The molecule has 0 spiro atoms. The highest BCUT2D eigenvalue weighted by Crippen LogP contribution is 2.28. The number of fused-ring (bicyclic) bond motifs is 1. The molecule has 134 valence electrons. The summed E-state index contributed by atoms with van der Waals surface area (Å²) in [5.41, 5.74) is 4.71. The first-order valence-electron chi connectivity index (χ1n) is 8.19. The summed E-state index contributed by atoms with van der Waals surface area (Å²) in [6.07, 6.45) is 0. The lowest BCUT2D eigenvalue weighted by Crippen LogP contribution is -2.19. The standard InChI is InChI=1S/C19H19N3O2S2/c1-4-24-17(23)13-5-7-14(8-6-13)20-18(25)22-19-21-15-9-11(2)12(3)10-16(15)26-19/h5-10H,4H2,1-3H3,(H2,20,21,22,25). The summed E-state index contributed by atoms with van der Waals surface area (Å²) in [4.78, 5) is 16.2. The van der Waals surface area contributed by atoms with Gasteiger partial charge in [-0.3, -0.25) is 0 Å². The Kier molecular flexibility index (Phi) is 5.49. The van der Waals surface area contributed by atoms with E-state index in [9.17, 15) is 4.79 Å². The van der Waals surface area contributed by atoms with Gasteiger partial charge in [0.25, 0.3) is 0 Å². The number of aromatic nitrogens is 1. The molecule has 3 aromatic rings. The Balaban J connectivity index is 1.66. The van der Waals surface area contributed by atoms with Gasteiger partial charge < -0.3 is 15.4 Å². The first-order chi connectivity index (χ1) is 12.5. The molecule has 0 atom stereocenters. The molecule has 3 rings (SSSR count). The molecule has 0 bridgehead atoms. The number of nitrogens with one attached hydrogen (secondary N) is 2. The maximum Gasteiger partial charge on any atom is 0.338 e. The molecule has 0 saturated heterocycles. The van der Waals surface area contributed by atoms with E-state index in [1.807, 2.05) is 0 Å². The van der Waals surface area contributed by atoms with Gasteiger partial charge in [0, 0.05) is 5.69 Å². The van der Waals surface area contributed by atoms with Gasteiger partial charge in [-0.25, -0.2) is 9.78 Å². The molecule has 0 aliphatic rings. The Hall–Kier alpha value is -2.51. The fourth-order valence-electron chi connectivity index (χ4n) is 2.40. The molecule has 0 saturated carbocycles. The zero-order valence-corrected chi connectivity index (χ0v) is 16.4. The number of aryl methyl sites for hydroxylation is 2. The number of carbonyl (C=O) groups is 1. The van der Waals surface area contributed by atoms with Crippen molar-refractivity contribution < 1.29 is 9.53 Å². The van der Waals surface area contributed by atoms with E-state index >= 15 is 0 Å². The second-order valence-corrected chi connectivity index (χ2v) is 7.24. The number of hydrogen-bond acceptors (Lipinski definition) is 5. The quantitative estimate of drug-likeness (QED) is 0.492. The van der Waals surface area contributed by atoms with Gasteiger partial charge in [0.1, 0.15) is 0 Å². The normalized spacial score (nSPS) is 10.6. The lowest BCUT2D eigenvalue weighted by Gasteiger charge is -2.09. The molecule has 7 heteroatoms. The number of thiazole rings is 1. The van der Waals surface area contributed by atoms with Gasteiger partial charge in [-0.05, 0) is 80.5 Å². The Labute approximate surface area is 161 Å². The monoisotopic (exact) mass is 385 g/mol. The third kappa shape index (κ3) is 4.17. The van der Waals surface area contributed by atoms with Crippen LogP contribution < -0.4 is 10.6 Å². The minimum absolute atomic E-state index is 0.334. The average Bonchev–Trinajstić information content (AvgIpc) is 2.97. The molecule has 2 N–H and O–H groups in total. The van der Waals surface area contributed by atoms with Crippen molar-refractivity contribution in [1.29, 1.82) is 0 Å². The van der Waals surface area contributed by atoms with E-state index in [1.165, 1.54) is 11.1 Å². The van der Waals surface area contributed by atoms with Crippen molar-refractivity contribution in [3.05, 3.63) is 53.1 Å². The maximum absolute atomic E-state index is 11.7. The second-order valence-electron chi connectivity index (χ2n) is 5.80. The van der Waals surface area contributed by atoms with Crippen LogP contribution in [0.25, 0.3) is 10.2 Å². The number of anilines is 2. The highest BCUT2D eigenvalue weighted by Gasteiger charge is 2.09. The summed E-state index contributed by atoms with van der Waals surface area (Å²) in [5.74, 6) is -0.334. The topological polar surface area (TPSA) is 63.2 Å². The van der Waals surface area contributed by atoms with Gasteiger partial charge in [-0.15, -0.1) is 0 Å². The molecule has 0 radical (unpaired) electrons. The summed E-state index contributed by atoms with van der Waals surface area (Å²) >= 11 is 6.91. The van der Waals surface area contributed by atoms with E-state index in [1.54, 1.807) is 42.5 Å². The largest absolute Gasteiger partial charge is 0.462 e. The number of thiocarbonyl (C=S) groups is 1. The number of carbonyl (C=O) groups excluding carboxylic acids is 1. The molecule has 5 nitrogen and oxygen atoms in total. The number of hydrogen-bond donors (Lipinski definition) is 2. The molecule has 1 aromatic heterocycles. The molecule has 0 fully saturated rings. The van der Waals surface area contributed by atoms with Crippen LogP contribution in [-0.2, 0) is 4.74 Å².